The molecule has 0 aliphatic heterocycles. The Kier molecular flexibility index (Phi) is 4.56. The normalized spacial score (nSPS) is 14.3. The maximum absolute atomic E-state index is 13.6. The maximum Gasteiger partial charge on any atom is 0.123 e. The molecule has 0 aliphatic carbocycles. The van der Waals surface area contributed by atoms with Gasteiger partial charge in [0, 0.05) is 12.1 Å². The third-order valence-electron chi connectivity index (χ3n) is 4.05. The Morgan fingerprint density at radius 3 is 2.10 bits per heavy atom. The van der Waals surface area contributed by atoms with Crippen LogP contribution in [0.5, 0.6) is 0 Å². The van der Waals surface area contributed by atoms with Crippen molar-refractivity contribution in [3.05, 3.63) is 71.0 Å². The molecule has 0 bridgehead atoms. The fourth-order valence-electron chi connectivity index (χ4n) is 2.54. The predicted octanol–water partition coefficient (Wildman–Crippen LogP) is 4.89. The Bertz CT molecular complexity index is 545. The molecule has 0 saturated carbocycles. The molecule has 1 unspecified atom stereocenters. The van der Waals surface area contributed by atoms with E-state index in [1.54, 1.807) is 12.1 Å². The van der Waals surface area contributed by atoms with Gasteiger partial charge in [-0.3, -0.25) is 4.90 Å². The van der Waals surface area contributed by atoms with E-state index in [9.17, 15) is 4.39 Å². The number of hydrogen-bond acceptors (Lipinski definition) is 1. The van der Waals surface area contributed by atoms with Gasteiger partial charge in [0.25, 0.3) is 0 Å². The van der Waals surface area contributed by atoms with Crippen molar-refractivity contribution in [3.63, 3.8) is 0 Å². The number of halogens is 1. The molecular weight excluding hydrogens is 249 g/mol. The second-order valence-electron chi connectivity index (χ2n) is 5.49. The van der Waals surface area contributed by atoms with Gasteiger partial charge in [0.05, 0.1) is 0 Å². The average molecular weight is 271 g/mol. The first kappa shape index (κ1) is 14.7. The molecular formula is C18H22FN. The summed E-state index contributed by atoms with van der Waals surface area (Å²) in [5.74, 6) is -0.160. The lowest BCUT2D eigenvalue weighted by Gasteiger charge is -2.31. The smallest absolute Gasteiger partial charge is 0.123 e. The van der Waals surface area contributed by atoms with Crippen LogP contribution in [0.1, 0.15) is 42.6 Å². The van der Waals surface area contributed by atoms with Crippen LogP contribution in [0.15, 0.2) is 48.5 Å². The summed E-state index contributed by atoms with van der Waals surface area (Å²) < 4.78 is 13.6. The number of nitrogens with zero attached hydrogens (tertiary/aromatic N) is 1. The minimum atomic E-state index is -0.160. The van der Waals surface area contributed by atoms with E-state index in [2.05, 4.69) is 56.1 Å². The Hall–Kier alpha value is -1.67. The molecule has 20 heavy (non-hydrogen) atoms. The molecule has 0 fully saturated rings. The van der Waals surface area contributed by atoms with Gasteiger partial charge in [-0.25, -0.2) is 4.39 Å². The molecule has 0 aliphatic rings. The van der Waals surface area contributed by atoms with E-state index in [1.165, 1.54) is 5.56 Å². The lowest BCUT2D eigenvalue weighted by atomic mass is 10.0. The van der Waals surface area contributed by atoms with Crippen LogP contribution in [0.2, 0.25) is 0 Å². The van der Waals surface area contributed by atoms with Gasteiger partial charge < -0.3 is 0 Å². The van der Waals surface area contributed by atoms with Crippen molar-refractivity contribution in [1.29, 1.82) is 0 Å². The standard InChI is InChI=1S/C18H22FN/c1-13-10-17(12-18(19)11-13)15(3)20(4)14(2)16-8-6-5-7-9-16/h5-12,14-15H,1-4H3/t14-,15?/m1/s1. The second-order valence-corrected chi connectivity index (χ2v) is 5.49. The third kappa shape index (κ3) is 3.26. The number of aryl methyl sites for hydroxylation is 1. The summed E-state index contributed by atoms with van der Waals surface area (Å²) in [4.78, 5) is 2.27. The molecule has 2 rings (SSSR count). The van der Waals surface area contributed by atoms with Gasteiger partial charge in [0.2, 0.25) is 0 Å². The number of hydrogen-bond donors (Lipinski definition) is 0. The molecule has 2 aromatic rings. The first-order valence-electron chi connectivity index (χ1n) is 7.03. The summed E-state index contributed by atoms with van der Waals surface area (Å²) in [6.07, 6.45) is 0. The van der Waals surface area contributed by atoms with Gasteiger partial charge in [0.1, 0.15) is 5.82 Å². The highest BCUT2D eigenvalue weighted by molar-refractivity contribution is 5.27. The van der Waals surface area contributed by atoms with E-state index < -0.39 is 0 Å². The van der Waals surface area contributed by atoms with E-state index in [0.29, 0.717) is 0 Å². The van der Waals surface area contributed by atoms with Crippen LogP contribution < -0.4 is 0 Å². The number of benzene rings is 2. The molecule has 2 atom stereocenters. The zero-order valence-corrected chi connectivity index (χ0v) is 12.6. The molecule has 2 heteroatoms. The van der Waals surface area contributed by atoms with E-state index in [0.717, 1.165) is 11.1 Å². The predicted molar refractivity (Wildman–Crippen MR) is 82.2 cm³/mol. The highest BCUT2D eigenvalue weighted by Crippen LogP contribution is 2.29. The Labute approximate surface area is 121 Å². The van der Waals surface area contributed by atoms with Crippen LogP contribution in [0, 0.1) is 12.7 Å². The van der Waals surface area contributed by atoms with Crippen molar-refractivity contribution in [2.24, 2.45) is 0 Å². The molecule has 0 saturated heterocycles. The van der Waals surface area contributed by atoms with Gasteiger partial charge in [-0.2, -0.15) is 0 Å². The van der Waals surface area contributed by atoms with E-state index in [4.69, 9.17) is 0 Å². The molecule has 1 nitrogen and oxygen atoms in total. The summed E-state index contributed by atoms with van der Waals surface area (Å²) in [7, 11) is 2.09. The molecule has 0 amide bonds. The summed E-state index contributed by atoms with van der Waals surface area (Å²) in [5.41, 5.74) is 3.26. The number of rotatable bonds is 4. The third-order valence-corrected chi connectivity index (χ3v) is 4.05. The molecule has 0 heterocycles. The minimum absolute atomic E-state index is 0.160. The quantitative estimate of drug-likeness (QED) is 0.765. The zero-order valence-electron chi connectivity index (χ0n) is 12.6. The SMILES string of the molecule is Cc1cc(F)cc(C(C)N(C)[C@H](C)c2ccccc2)c1. The molecule has 2 aromatic carbocycles. The summed E-state index contributed by atoms with van der Waals surface area (Å²) >= 11 is 0. The maximum atomic E-state index is 13.6. The fourth-order valence-corrected chi connectivity index (χ4v) is 2.54. The zero-order chi connectivity index (χ0) is 14.7. The summed E-state index contributed by atoms with van der Waals surface area (Å²) in [6.45, 7) is 6.23. The van der Waals surface area contributed by atoms with E-state index in [-0.39, 0.29) is 17.9 Å². The lowest BCUT2D eigenvalue weighted by Crippen LogP contribution is -2.26. The van der Waals surface area contributed by atoms with Crippen molar-refractivity contribution >= 4 is 0 Å². The molecule has 0 spiro atoms. The van der Waals surface area contributed by atoms with Crippen LogP contribution >= 0.6 is 0 Å². The van der Waals surface area contributed by atoms with Crippen LogP contribution in [-0.4, -0.2) is 11.9 Å². The Morgan fingerprint density at radius 2 is 1.50 bits per heavy atom. The Balaban J connectivity index is 2.21. The van der Waals surface area contributed by atoms with Crippen molar-refractivity contribution < 1.29 is 4.39 Å². The van der Waals surface area contributed by atoms with Gasteiger partial charge in [-0.05, 0) is 56.6 Å². The second kappa shape index (κ2) is 6.19. The Morgan fingerprint density at radius 1 is 0.900 bits per heavy atom. The van der Waals surface area contributed by atoms with Gasteiger partial charge in [-0.15, -0.1) is 0 Å². The van der Waals surface area contributed by atoms with Crippen LogP contribution in [0.25, 0.3) is 0 Å². The summed E-state index contributed by atoms with van der Waals surface area (Å²) in [5, 5.41) is 0. The van der Waals surface area contributed by atoms with Crippen molar-refractivity contribution in [2.45, 2.75) is 32.9 Å². The van der Waals surface area contributed by atoms with Crippen LogP contribution in [0.3, 0.4) is 0 Å². The molecule has 106 valence electrons. The van der Waals surface area contributed by atoms with Crippen molar-refractivity contribution in [2.75, 3.05) is 7.05 Å². The van der Waals surface area contributed by atoms with Crippen molar-refractivity contribution in [1.82, 2.24) is 4.90 Å². The molecule has 0 radical (unpaired) electrons. The lowest BCUT2D eigenvalue weighted by molar-refractivity contribution is 0.198. The minimum Gasteiger partial charge on any atom is -0.293 e. The van der Waals surface area contributed by atoms with Crippen LogP contribution in [-0.2, 0) is 0 Å². The van der Waals surface area contributed by atoms with Gasteiger partial charge in [0.15, 0.2) is 0 Å². The first-order valence-corrected chi connectivity index (χ1v) is 7.03. The van der Waals surface area contributed by atoms with E-state index in [1.807, 2.05) is 13.0 Å². The summed E-state index contributed by atoms with van der Waals surface area (Å²) in [6, 6.07) is 16.1. The molecule has 0 aromatic heterocycles. The monoisotopic (exact) mass is 271 g/mol. The fraction of sp³-hybridized carbons (Fsp3) is 0.333. The van der Waals surface area contributed by atoms with E-state index >= 15 is 0 Å². The molecule has 0 N–H and O–H groups in total. The first-order chi connectivity index (χ1) is 9.49. The largest absolute Gasteiger partial charge is 0.293 e. The van der Waals surface area contributed by atoms with Crippen LogP contribution in [0.4, 0.5) is 4.39 Å². The van der Waals surface area contributed by atoms with Gasteiger partial charge in [-0.1, -0.05) is 36.4 Å². The highest BCUT2D eigenvalue weighted by atomic mass is 19.1. The topological polar surface area (TPSA) is 3.24 Å². The van der Waals surface area contributed by atoms with Gasteiger partial charge >= 0.3 is 0 Å². The van der Waals surface area contributed by atoms with Crippen molar-refractivity contribution in [3.8, 4) is 0 Å². The average Bonchev–Trinajstić information content (AvgIpc) is 2.45. The highest BCUT2D eigenvalue weighted by Gasteiger charge is 2.19.